The summed E-state index contributed by atoms with van der Waals surface area (Å²) >= 11 is 2.82. The summed E-state index contributed by atoms with van der Waals surface area (Å²) in [5.74, 6) is -0.0691. The van der Waals surface area contributed by atoms with Crippen molar-refractivity contribution in [2.75, 3.05) is 17.7 Å². The normalized spacial score (nSPS) is 12.2. The zero-order valence-corrected chi connectivity index (χ0v) is 14.2. The van der Waals surface area contributed by atoms with Gasteiger partial charge in [0.15, 0.2) is 4.34 Å². The molecule has 2 heterocycles. The lowest BCUT2D eigenvalue weighted by molar-refractivity contribution is -0.115. The molecule has 0 saturated carbocycles. The van der Waals surface area contributed by atoms with Gasteiger partial charge in [0.1, 0.15) is 0 Å². The molecule has 2 N–H and O–H groups in total. The molecule has 0 aliphatic heterocycles. The molecule has 2 aromatic rings. The van der Waals surface area contributed by atoms with Crippen molar-refractivity contribution in [3.05, 3.63) is 11.4 Å². The average Bonchev–Trinajstić information content (AvgIpc) is 2.99. The van der Waals surface area contributed by atoms with Crippen LogP contribution in [0.2, 0.25) is 0 Å². The van der Waals surface area contributed by atoms with E-state index in [1.807, 2.05) is 27.8 Å². The largest absolute Gasteiger partial charge is 0.363 e. The lowest BCUT2D eigenvalue weighted by atomic mass is 10.3. The Balaban J connectivity index is 2.02. The summed E-state index contributed by atoms with van der Waals surface area (Å²) in [6.07, 6.45) is 0. The van der Waals surface area contributed by atoms with Crippen molar-refractivity contribution in [1.29, 1.82) is 0 Å². The summed E-state index contributed by atoms with van der Waals surface area (Å²) < 4.78 is 2.52. The minimum atomic E-state index is -0.262. The fourth-order valence-corrected chi connectivity index (χ4v) is 3.59. The van der Waals surface area contributed by atoms with Gasteiger partial charge in [-0.1, -0.05) is 23.1 Å². The Bertz CT molecular complexity index is 650. The van der Waals surface area contributed by atoms with E-state index in [1.165, 1.54) is 23.1 Å². The van der Waals surface area contributed by atoms with E-state index in [2.05, 4.69) is 25.9 Å². The summed E-state index contributed by atoms with van der Waals surface area (Å²) in [6.45, 7) is 5.66. The summed E-state index contributed by atoms with van der Waals surface area (Å²) in [7, 11) is 3.65. The highest BCUT2D eigenvalue weighted by molar-refractivity contribution is 8.02. The van der Waals surface area contributed by atoms with Gasteiger partial charge >= 0.3 is 0 Å². The molecule has 0 fully saturated rings. The molecule has 114 valence electrons. The molecule has 0 radical (unpaired) electrons. The van der Waals surface area contributed by atoms with Gasteiger partial charge in [0.25, 0.3) is 0 Å². The summed E-state index contributed by atoms with van der Waals surface area (Å²) in [5, 5.41) is 18.6. The van der Waals surface area contributed by atoms with E-state index in [-0.39, 0.29) is 11.2 Å². The van der Waals surface area contributed by atoms with Crippen LogP contribution < -0.4 is 10.6 Å². The minimum absolute atomic E-state index is 0.0691. The highest BCUT2D eigenvalue weighted by Crippen LogP contribution is 2.29. The molecule has 0 bridgehead atoms. The lowest BCUT2D eigenvalue weighted by Gasteiger charge is -2.10. The van der Waals surface area contributed by atoms with Crippen molar-refractivity contribution in [3.63, 3.8) is 0 Å². The first-order chi connectivity index (χ1) is 9.92. The first-order valence-corrected chi connectivity index (χ1v) is 8.11. The van der Waals surface area contributed by atoms with Gasteiger partial charge in [0.2, 0.25) is 11.0 Å². The number of aromatic nitrogens is 4. The van der Waals surface area contributed by atoms with Crippen molar-refractivity contribution in [2.45, 2.75) is 30.4 Å². The van der Waals surface area contributed by atoms with E-state index in [0.29, 0.717) is 0 Å². The Morgan fingerprint density at radius 3 is 2.62 bits per heavy atom. The fourth-order valence-electron chi connectivity index (χ4n) is 1.74. The third-order valence-corrected chi connectivity index (χ3v) is 5.15. The fraction of sp³-hybridized carbons (Fsp3) is 0.500. The number of hydrogen-bond donors (Lipinski definition) is 2. The van der Waals surface area contributed by atoms with Crippen LogP contribution in [-0.4, -0.2) is 38.2 Å². The molecule has 9 heteroatoms. The molecule has 0 saturated heterocycles. The topological polar surface area (TPSA) is 84.7 Å². The van der Waals surface area contributed by atoms with Gasteiger partial charge in [-0.3, -0.25) is 9.48 Å². The standard InChI is InChI=1S/C12H18N6OS2/c1-6-9(7(2)18(5)17-6)14-10(19)8(3)20-12-16-15-11(13-4)21-12/h8H,1-5H3,(H,13,15)(H,14,19)/t8-/m1/s1. The first kappa shape index (κ1) is 15.8. The van der Waals surface area contributed by atoms with Crippen LogP contribution in [0.3, 0.4) is 0 Å². The number of aryl methyl sites for hydroxylation is 2. The van der Waals surface area contributed by atoms with Crippen LogP contribution in [0.1, 0.15) is 18.3 Å². The maximum absolute atomic E-state index is 12.3. The monoisotopic (exact) mass is 326 g/mol. The molecule has 2 aromatic heterocycles. The third-order valence-electron chi connectivity index (χ3n) is 3.02. The number of nitrogens with one attached hydrogen (secondary N) is 2. The average molecular weight is 326 g/mol. The minimum Gasteiger partial charge on any atom is -0.363 e. The van der Waals surface area contributed by atoms with Crippen molar-refractivity contribution in [2.24, 2.45) is 7.05 Å². The Morgan fingerprint density at radius 1 is 1.38 bits per heavy atom. The van der Waals surface area contributed by atoms with Crippen molar-refractivity contribution < 1.29 is 4.79 Å². The van der Waals surface area contributed by atoms with E-state index < -0.39 is 0 Å². The first-order valence-electron chi connectivity index (χ1n) is 6.41. The van der Waals surface area contributed by atoms with E-state index in [9.17, 15) is 4.79 Å². The number of amides is 1. The highest BCUT2D eigenvalue weighted by atomic mass is 32.2. The number of rotatable bonds is 5. The van der Waals surface area contributed by atoms with Gasteiger partial charge in [0.05, 0.1) is 22.3 Å². The summed E-state index contributed by atoms with van der Waals surface area (Å²) in [6, 6.07) is 0. The van der Waals surface area contributed by atoms with Gasteiger partial charge < -0.3 is 10.6 Å². The van der Waals surface area contributed by atoms with Gasteiger partial charge in [-0.25, -0.2) is 0 Å². The van der Waals surface area contributed by atoms with E-state index >= 15 is 0 Å². The SMILES string of the molecule is CNc1nnc(S[C@H](C)C(=O)Nc2c(C)nn(C)c2C)s1. The van der Waals surface area contributed by atoms with E-state index in [1.54, 1.807) is 11.7 Å². The van der Waals surface area contributed by atoms with Crippen LogP contribution in [-0.2, 0) is 11.8 Å². The van der Waals surface area contributed by atoms with Gasteiger partial charge in [-0.15, -0.1) is 10.2 Å². The third kappa shape index (κ3) is 3.53. The molecule has 0 unspecified atom stereocenters. The Morgan fingerprint density at radius 2 is 2.10 bits per heavy atom. The Hall–Kier alpha value is -1.61. The Labute approximate surface area is 131 Å². The quantitative estimate of drug-likeness (QED) is 0.818. The zero-order chi connectivity index (χ0) is 15.6. The van der Waals surface area contributed by atoms with E-state index in [0.717, 1.165) is 26.5 Å². The number of carbonyl (C=O) groups excluding carboxylic acids is 1. The van der Waals surface area contributed by atoms with Crippen LogP contribution in [0.25, 0.3) is 0 Å². The summed E-state index contributed by atoms with van der Waals surface area (Å²) in [5.41, 5.74) is 2.53. The van der Waals surface area contributed by atoms with Gasteiger partial charge in [0, 0.05) is 14.1 Å². The van der Waals surface area contributed by atoms with Crippen LogP contribution in [0.5, 0.6) is 0 Å². The number of carbonyl (C=O) groups is 1. The number of hydrogen-bond acceptors (Lipinski definition) is 7. The van der Waals surface area contributed by atoms with Gasteiger partial charge in [-0.05, 0) is 20.8 Å². The highest BCUT2D eigenvalue weighted by Gasteiger charge is 2.20. The van der Waals surface area contributed by atoms with Crippen LogP contribution in [0.15, 0.2) is 4.34 Å². The molecule has 7 nitrogen and oxygen atoms in total. The Kier molecular flexibility index (Phi) is 4.84. The van der Waals surface area contributed by atoms with Gasteiger partial charge in [-0.2, -0.15) is 5.10 Å². The van der Waals surface area contributed by atoms with E-state index in [4.69, 9.17) is 0 Å². The number of thioether (sulfide) groups is 1. The second-order valence-electron chi connectivity index (χ2n) is 4.54. The molecule has 0 aromatic carbocycles. The molecule has 21 heavy (non-hydrogen) atoms. The van der Waals surface area contributed by atoms with Crippen molar-refractivity contribution in [3.8, 4) is 0 Å². The lowest BCUT2D eigenvalue weighted by Crippen LogP contribution is -2.23. The zero-order valence-electron chi connectivity index (χ0n) is 12.6. The maximum Gasteiger partial charge on any atom is 0.237 e. The molecule has 0 spiro atoms. The molecule has 2 rings (SSSR count). The molecule has 1 amide bonds. The smallest absolute Gasteiger partial charge is 0.237 e. The second-order valence-corrected chi connectivity index (χ2v) is 7.11. The van der Waals surface area contributed by atoms with Crippen molar-refractivity contribution in [1.82, 2.24) is 20.0 Å². The summed E-state index contributed by atoms with van der Waals surface area (Å²) in [4.78, 5) is 12.3. The van der Waals surface area contributed by atoms with Crippen LogP contribution in [0, 0.1) is 13.8 Å². The van der Waals surface area contributed by atoms with Crippen molar-refractivity contribution >= 4 is 39.8 Å². The molecule has 1 atom stereocenters. The molecular weight excluding hydrogens is 308 g/mol. The molecule has 0 aliphatic rings. The van der Waals surface area contributed by atoms with Crippen LogP contribution >= 0.6 is 23.1 Å². The second kappa shape index (κ2) is 6.44. The number of anilines is 2. The maximum atomic E-state index is 12.3. The molecule has 0 aliphatic carbocycles. The predicted molar refractivity (Wildman–Crippen MR) is 86.1 cm³/mol. The number of nitrogens with zero attached hydrogens (tertiary/aromatic N) is 4. The van der Waals surface area contributed by atoms with Crippen LogP contribution in [0.4, 0.5) is 10.8 Å². The predicted octanol–water partition coefficient (Wildman–Crippen LogP) is 2.05. The molecular formula is C12H18N6OS2.